The van der Waals surface area contributed by atoms with Gasteiger partial charge in [-0.15, -0.1) is 0 Å². The molecule has 1 aliphatic rings. The Balaban J connectivity index is 2.03. The molecule has 0 amide bonds. The summed E-state index contributed by atoms with van der Waals surface area (Å²) < 4.78 is 16.9. The highest BCUT2D eigenvalue weighted by atomic mass is 16.5. The summed E-state index contributed by atoms with van der Waals surface area (Å²) >= 11 is 0. The first-order chi connectivity index (χ1) is 11.5. The van der Waals surface area contributed by atoms with E-state index in [1.165, 1.54) is 0 Å². The Bertz CT molecular complexity index is 989. The maximum atomic E-state index is 6.05. The second-order valence-corrected chi connectivity index (χ2v) is 6.47. The molecule has 2 heterocycles. The van der Waals surface area contributed by atoms with Crippen LogP contribution in [0, 0.1) is 0 Å². The lowest BCUT2D eigenvalue weighted by atomic mass is 9.98. The molecule has 24 heavy (non-hydrogen) atoms. The summed E-state index contributed by atoms with van der Waals surface area (Å²) in [6.45, 7) is 4.09. The fourth-order valence-corrected chi connectivity index (χ4v) is 3.17. The molecule has 4 heteroatoms. The molecule has 4 rings (SSSR count). The van der Waals surface area contributed by atoms with Crippen LogP contribution in [0.3, 0.4) is 0 Å². The normalized spacial score (nSPS) is 15.2. The highest BCUT2D eigenvalue weighted by Crippen LogP contribution is 2.39. The van der Waals surface area contributed by atoms with Crippen molar-refractivity contribution in [2.45, 2.75) is 19.4 Å². The maximum Gasteiger partial charge on any atom is 0.161 e. The third kappa shape index (κ3) is 2.18. The molecule has 4 nitrogen and oxygen atoms in total. The number of hydrogen-bond donors (Lipinski definition) is 0. The van der Waals surface area contributed by atoms with E-state index in [0.29, 0.717) is 11.5 Å². The third-order valence-electron chi connectivity index (χ3n) is 4.38. The minimum atomic E-state index is -0.298. The van der Waals surface area contributed by atoms with Crippen LogP contribution in [0.2, 0.25) is 0 Å². The lowest BCUT2D eigenvalue weighted by molar-refractivity contribution is 0.159. The van der Waals surface area contributed by atoms with Gasteiger partial charge in [-0.25, -0.2) is 0 Å². The van der Waals surface area contributed by atoms with Crippen molar-refractivity contribution in [2.75, 3.05) is 14.2 Å². The molecule has 0 saturated heterocycles. The molecule has 0 N–H and O–H groups in total. The zero-order chi connectivity index (χ0) is 16.9. The molecule has 0 radical (unpaired) electrons. The van der Waals surface area contributed by atoms with E-state index < -0.39 is 0 Å². The summed E-state index contributed by atoms with van der Waals surface area (Å²) in [5.74, 6) is 2.28. The van der Waals surface area contributed by atoms with Gasteiger partial charge in [-0.2, -0.15) is 0 Å². The van der Waals surface area contributed by atoms with Crippen LogP contribution in [0.25, 0.3) is 27.8 Å². The molecule has 1 aromatic heterocycles. The van der Waals surface area contributed by atoms with Crippen molar-refractivity contribution in [3.05, 3.63) is 42.1 Å². The molecule has 0 fully saturated rings. The fraction of sp³-hybridized carbons (Fsp3) is 0.250. The van der Waals surface area contributed by atoms with E-state index in [1.54, 1.807) is 14.2 Å². The van der Waals surface area contributed by atoms with Gasteiger partial charge >= 0.3 is 0 Å². The fourth-order valence-electron chi connectivity index (χ4n) is 3.17. The number of pyridine rings is 1. The second kappa shape index (κ2) is 5.13. The number of ether oxygens (including phenoxy) is 3. The van der Waals surface area contributed by atoms with Gasteiger partial charge < -0.3 is 14.2 Å². The van der Waals surface area contributed by atoms with Gasteiger partial charge in [0.1, 0.15) is 11.4 Å². The van der Waals surface area contributed by atoms with Crippen molar-refractivity contribution >= 4 is 27.8 Å². The molecule has 0 spiro atoms. The first kappa shape index (κ1) is 14.8. The number of rotatable bonds is 2. The monoisotopic (exact) mass is 321 g/mol. The average Bonchev–Trinajstić information content (AvgIpc) is 2.58. The van der Waals surface area contributed by atoms with Crippen LogP contribution in [0.1, 0.15) is 19.4 Å². The van der Waals surface area contributed by atoms with Crippen molar-refractivity contribution in [1.29, 1.82) is 0 Å². The van der Waals surface area contributed by atoms with Crippen LogP contribution in [0.15, 0.2) is 36.5 Å². The van der Waals surface area contributed by atoms with Gasteiger partial charge in [-0.05, 0) is 55.7 Å². The van der Waals surface area contributed by atoms with E-state index in [-0.39, 0.29) is 5.60 Å². The predicted molar refractivity (Wildman–Crippen MR) is 96.1 cm³/mol. The van der Waals surface area contributed by atoms with Gasteiger partial charge in [0.25, 0.3) is 0 Å². The number of nitrogens with zero attached hydrogens (tertiary/aromatic N) is 1. The molecular formula is C20H19NO3. The molecule has 122 valence electrons. The minimum Gasteiger partial charge on any atom is -0.493 e. The molecular weight excluding hydrogens is 302 g/mol. The van der Waals surface area contributed by atoms with E-state index in [4.69, 9.17) is 14.2 Å². The van der Waals surface area contributed by atoms with Crippen LogP contribution in [0.4, 0.5) is 0 Å². The topological polar surface area (TPSA) is 40.6 Å². The highest BCUT2D eigenvalue weighted by molar-refractivity contribution is 6.09. The molecule has 0 saturated carbocycles. The first-order valence-corrected chi connectivity index (χ1v) is 7.88. The first-order valence-electron chi connectivity index (χ1n) is 7.88. The van der Waals surface area contributed by atoms with Gasteiger partial charge in [0.15, 0.2) is 11.5 Å². The zero-order valence-electron chi connectivity index (χ0n) is 14.2. The number of fused-ring (bicyclic) bond motifs is 5. The predicted octanol–water partition coefficient (Wildman–Crippen LogP) is 4.59. The minimum absolute atomic E-state index is 0.298. The Morgan fingerprint density at radius 2 is 1.75 bits per heavy atom. The van der Waals surface area contributed by atoms with E-state index in [1.807, 2.05) is 38.2 Å². The quantitative estimate of drug-likeness (QED) is 0.647. The van der Waals surface area contributed by atoms with Crippen LogP contribution in [-0.4, -0.2) is 24.8 Å². The van der Waals surface area contributed by atoms with Crippen molar-refractivity contribution in [3.8, 4) is 17.2 Å². The van der Waals surface area contributed by atoms with E-state index >= 15 is 0 Å². The van der Waals surface area contributed by atoms with Crippen molar-refractivity contribution in [2.24, 2.45) is 0 Å². The second-order valence-electron chi connectivity index (χ2n) is 6.47. The molecule has 0 bridgehead atoms. The average molecular weight is 321 g/mol. The maximum absolute atomic E-state index is 6.05. The Kier molecular flexibility index (Phi) is 3.17. The summed E-state index contributed by atoms with van der Waals surface area (Å²) in [6, 6.07) is 8.03. The lowest BCUT2D eigenvalue weighted by Gasteiger charge is -2.28. The summed E-state index contributed by atoms with van der Waals surface area (Å²) in [4.78, 5) is 4.67. The molecule has 0 aliphatic carbocycles. The number of benzene rings is 2. The number of hydrogen-bond acceptors (Lipinski definition) is 4. The smallest absolute Gasteiger partial charge is 0.161 e. The van der Waals surface area contributed by atoms with Gasteiger partial charge in [-0.1, -0.05) is 0 Å². The Hall–Kier alpha value is -2.75. The van der Waals surface area contributed by atoms with Crippen LogP contribution >= 0.6 is 0 Å². The summed E-state index contributed by atoms with van der Waals surface area (Å²) in [6.07, 6.45) is 6.03. The standard InChI is InChI=1S/C20H19NO3/c1-20(2)8-7-14-16(24-20)6-5-13-15-10-18(23-4)17(22-3)9-12(15)11-21-19(13)14/h5-11H,1-4H3. The summed E-state index contributed by atoms with van der Waals surface area (Å²) in [5.41, 5.74) is 1.65. The lowest BCUT2D eigenvalue weighted by Crippen LogP contribution is -2.27. The van der Waals surface area contributed by atoms with Crippen LogP contribution in [0.5, 0.6) is 17.2 Å². The van der Waals surface area contributed by atoms with Crippen molar-refractivity contribution in [1.82, 2.24) is 4.98 Å². The van der Waals surface area contributed by atoms with Crippen molar-refractivity contribution < 1.29 is 14.2 Å². The summed E-state index contributed by atoms with van der Waals surface area (Å²) in [5, 5.41) is 3.17. The Morgan fingerprint density at radius 3 is 2.50 bits per heavy atom. The van der Waals surface area contributed by atoms with Gasteiger partial charge in [-0.3, -0.25) is 4.98 Å². The molecule has 0 unspecified atom stereocenters. The number of aromatic nitrogens is 1. The molecule has 0 atom stereocenters. The van der Waals surface area contributed by atoms with Gasteiger partial charge in [0, 0.05) is 22.5 Å². The largest absolute Gasteiger partial charge is 0.493 e. The molecule has 1 aliphatic heterocycles. The van der Waals surface area contributed by atoms with Crippen LogP contribution in [-0.2, 0) is 0 Å². The molecule has 2 aromatic carbocycles. The Morgan fingerprint density at radius 1 is 1.00 bits per heavy atom. The van der Waals surface area contributed by atoms with Gasteiger partial charge in [0.2, 0.25) is 0 Å². The number of methoxy groups -OCH3 is 2. The van der Waals surface area contributed by atoms with E-state index in [0.717, 1.165) is 33.0 Å². The Labute approximate surface area is 140 Å². The van der Waals surface area contributed by atoms with Crippen molar-refractivity contribution in [3.63, 3.8) is 0 Å². The zero-order valence-corrected chi connectivity index (χ0v) is 14.2. The highest BCUT2D eigenvalue weighted by Gasteiger charge is 2.23. The van der Waals surface area contributed by atoms with E-state index in [9.17, 15) is 0 Å². The SMILES string of the molecule is COc1cc2cnc3c4c(ccc3c2cc1OC)OC(C)(C)C=C4. The van der Waals surface area contributed by atoms with Gasteiger partial charge in [0.05, 0.1) is 19.7 Å². The van der Waals surface area contributed by atoms with Crippen LogP contribution < -0.4 is 14.2 Å². The summed E-state index contributed by atoms with van der Waals surface area (Å²) in [7, 11) is 3.28. The molecule has 3 aromatic rings. The van der Waals surface area contributed by atoms with E-state index in [2.05, 4.69) is 23.2 Å². The third-order valence-corrected chi connectivity index (χ3v) is 4.38.